The zero-order valence-corrected chi connectivity index (χ0v) is 15.5. The third-order valence-electron chi connectivity index (χ3n) is 4.35. The third kappa shape index (κ3) is 3.68. The van der Waals surface area contributed by atoms with Crippen molar-refractivity contribution in [1.29, 1.82) is 0 Å². The van der Waals surface area contributed by atoms with E-state index < -0.39 is 10.00 Å². The number of carbonyl (C=O) groups is 2. The number of esters is 1. The van der Waals surface area contributed by atoms with E-state index in [1.165, 1.54) is 18.9 Å². The molecule has 1 aliphatic heterocycles. The molecule has 2 atom stereocenters. The fourth-order valence-corrected chi connectivity index (χ4v) is 4.41. The van der Waals surface area contributed by atoms with Gasteiger partial charge >= 0.3 is 5.97 Å². The SMILES string of the molecule is COC(=O)C1(Cc2ccccc2)C=C[C@H](C(=O)c2ccc(OC)cc2)S1. The van der Waals surface area contributed by atoms with Gasteiger partial charge in [0, 0.05) is 12.0 Å². The molecular formula is C21H20O4S. The molecule has 134 valence electrons. The highest BCUT2D eigenvalue weighted by Gasteiger charge is 2.45. The first kappa shape index (κ1) is 18.3. The number of methoxy groups -OCH3 is 2. The van der Waals surface area contributed by atoms with Gasteiger partial charge in [0.15, 0.2) is 5.78 Å². The van der Waals surface area contributed by atoms with Crippen LogP contribution in [0, 0.1) is 0 Å². The summed E-state index contributed by atoms with van der Waals surface area (Å²) < 4.78 is 9.28. The van der Waals surface area contributed by atoms with Gasteiger partial charge in [-0.1, -0.05) is 42.5 Å². The Morgan fingerprint density at radius 2 is 1.73 bits per heavy atom. The molecule has 26 heavy (non-hydrogen) atoms. The Morgan fingerprint density at radius 3 is 2.35 bits per heavy atom. The van der Waals surface area contributed by atoms with E-state index in [0.717, 1.165) is 5.56 Å². The Balaban J connectivity index is 1.81. The Kier molecular flexibility index (Phi) is 5.47. The van der Waals surface area contributed by atoms with Crippen LogP contribution in [0.25, 0.3) is 0 Å². The quantitative estimate of drug-likeness (QED) is 0.442. The van der Waals surface area contributed by atoms with E-state index in [-0.39, 0.29) is 11.8 Å². The van der Waals surface area contributed by atoms with Crippen LogP contribution < -0.4 is 4.74 Å². The molecule has 5 heteroatoms. The number of hydrogen-bond acceptors (Lipinski definition) is 5. The van der Waals surface area contributed by atoms with Crippen LogP contribution in [-0.2, 0) is 16.0 Å². The molecule has 1 unspecified atom stereocenters. The van der Waals surface area contributed by atoms with Crippen LogP contribution in [0.2, 0.25) is 0 Å². The summed E-state index contributed by atoms with van der Waals surface area (Å²) in [7, 11) is 2.96. The zero-order chi connectivity index (χ0) is 18.6. The van der Waals surface area contributed by atoms with E-state index in [1.54, 1.807) is 37.5 Å². The summed E-state index contributed by atoms with van der Waals surface area (Å²) in [5.41, 5.74) is 1.61. The van der Waals surface area contributed by atoms with Crippen molar-refractivity contribution in [3.63, 3.8) is 0 Å². The van der Waals surface area contributed by atoms with E-state index in [9.17, 15) is 9.59 Å². The van der Waals surface area contributed by atoms with Gasteiger partial charge in [-0.25, -0.2) is 0 Å². The number of ether oxygens (including phenoxy) is 2. The van der Waals surface area contributed by atoms with E-state index in [2.05, 4.69) is 0 Å². The van der Waals surface area contributed by atoms with Gasteiger partial charge in [0.25, 0.3) is 0 Å². The number of benzene rings is 2. The first-order valence-electron chi connectivity index (χ1n) is 8.26. The van der Waals surface area contributed by atoms with Crippen LogP contribution in [0.1, 0.15) is 15.9 Å². The van der Waals surface area contributed by atoms with Crippen molar-refractivity contribution in [2.45, 2.75) is 16.4 Å². The van der Waals surface area contributed by atoms with Crippen LogP contribution >= 0.6 is 11.8 Å². The van der Waals surface area contributed by atoms with Crippen LogP contribution in [0.3, 0.4) is 0 Å². The van der Waals surface area contributed by atoms with Crippen molar-refractivity contribution in [3.05, 3.63) is 77.9 Å². The average molecular weight is 368 g/mol. The molecule has 1 heterocycles. The van der Waals surface area contributed by atoms with E-state index in [0.29, 0.717) is 17.7 Å². The predicted molar refractivity (Wildman–Crippen MR) is 103 cm³/mol. The fraction of sp³-hybridized carbons (Fsp3) is 0.238. The third-order valence-corrected chi connectivity index (χ3v) is 5.84. The van der Waals surface area contributed by atoms with Crippen LogP contribution in [0.15, 0.2) is 66.7 Å². The van der Waals surface area contributed by atoms with Crippen molar-refractivity contribution in [2.75, 3.05) is 14.2 Å². The normalized spacial score (nSPS) is 21.4. The Hall–Kier alpha value is -2.53. The minimum Gasteiger partial charge on any atom is -0.497 e. The second-order valence-corrected chi connectivity index (χ2v) is 7.51. The predicted octanol–water partition coefficient (Wildman–Crippen LogP) is 3.70. The highest BCUT2D eigenvalue weighted by atomic mass is 32.2. The summed E-state index contributed by atoms with van der Waals surface area (Å²) in [6.45, 7) is 0. The van der Waals surface area contributed by atoms with E-state index in [1.807, 2.05) is 36.4 Å². The van der Waals surface area contributed by atoms with Gasteiger partial charge in [-0.2, -0.15) is 0 Å². The van der Waals surface area contributed by atoms with Crippen molar-refractivity contribution in [1.82, 2.24) is 0 Å². The number of ketones is 1. The largest absolute Gasteiger partial charge is 0.497 e. The molecule has 0 aromatic heterocycles. The topological polar surface area (TPSA) is 52.6 Å². The molecule has 0 spiro atoms. The monoisotopic (exact) mass is 368 g/mol. The van der Waals surface area contributed by atoms with Gasteiger partial charge in [0.05, 0.1) is 19.5 Å². The zero-order valence-electron chi connectivity index (χ0n) is 14.7. The lowest BCUT2D eigenvalue weighted by molar-refractivity contribution is -0.142. The number of rotatable bonds is 6. The maximum atomic E-state index is 12.8. The Bertz CT molecular complexity index is 814. The number of hydrogen-bond donors (Lipinski definition) is 0. The van der Waals surface area contributed by atoms with Crippen molar-refractivity contribution < 1.29 is 19.1 Å². The average Bonchev–Trinajstić information content (AvgIpc) is 3.12. The molecule has 2 aromatic carbocycles. The summed E-state index contributed by atoms with van der Waals surface area (Å²) in [4.78, 5) is 25.3. The number of thioether (sulfide) groups is 1. The molecule has 0 N–H and O–H groups in total. The van der Waals surface area contributed by atoms with Gasteiger partial charge in [-0.3, -0.25) is 9.59 Å². The first-order chi connectivity index (χ1) is 12.6. The van der Waals surface area contributed by atoms with Gasteiger partial charge in [0.1, 0.15) is 10.5 Å². The summed E-state index contributed by atoms with van der Waals surface area (Å²) in [6, 6.07) is 16.7. The van der Waals surface area contributed by atoms with Crippen LogP contribution in [-0.4, -0.2) is 36.0 Å². The molecular weight excluding hydrogens is 348 g/mol. The Morgan fingerprint density at radius 1 is 1.04 bits per heavy atom. The maximum Gasteiger partial charge on any atom is 0.326 e. The molecule has 0 radical (unpaired) electrons. The second kappa shape index (κ2) is 7.79. The van der Waals surface area contributed by atoms with Crippen molar-refractivity contribution in [2.24, 2.45) is 0 Å². The smallest absolute Gasteiger partial charge is 0.326 e. The van der Waals surface area contributed by atoms with E-state index in [4.69, 9.17) is 9.47 Å². The molecule has 0 amide bonds. The summed E-state index contributed by atoms with van der Waals surface area (Å²) in [5, 5.41) is -0.425. The highest BCUT2D eigenvalue weighted by Crippen LogP contribution is 2.42. The van der Waals surface area contributed by atoms with Gasteiger partial charge < -0.3 is 9.47 Å². The van der Waals surface area contributed by atoms with Crippen molar-refractivity contribution >= 4 is 23.5 Å². The first-order valence-corrected chi connectivity index (χ1v) is 9.14. The summed E-state index contributed by atoms with van der Waals surface area (Å²) in [6.07, 6.45) is 4.09. The molecule has 0 saturated heterocycles. The molecule has 0 fully saturated rings. The number of Topliss-reactive ketones (excluding diaryl/α,β-unsaturated/α-hetero) is 1. The molecule has 0 aliphatic carbocycles. The molecule has 0 bridgehead atoms. The lowest BCUT2D eigenvalue weighted by Gasteiger charge is -2.25. The molecule has 3 rings (SSSR count). The molecule has 4 nitrogen and oxygen atoms in total. The van der Waals surface area contributed by atoms with Crippen molar-refractivity contribution in [3.8, 4) is 5.75 Å². The summed E-state index contributed by atoms with van der Waals surface area (Å²) in [5.74, 6) is 0.324. The lowest BCUT2D eigenvalue weighted by Crippen LogP contribution is -2.36. The highest BCUT2D eigenvalue weighted by molar-refractivity contribution is 8.03. The Labute approximate surface area is 157 Å². The van der Waals surface area contributed by atoms with Gasteiger partial charge in [-0.15, -0.1) is 11.8 Å². The van der Waals surface area contributed by atoms with Gasteiger partial charge in [0.2, 0.25) is 0 Å². The fourth-order valence-electron chi connectivity index (χ4n) is 2.97. The molecule has 0 saturated carbocycles. The van der Waals surface area contributed by atoms with Crippen LogP contribution in [0.4, 0.5) is 0 Å². The molecule has 1 aliphatic rings. The minimum absolute atomic E-state index is 0.0345. The molecule has 2 aromatic rings. The lowest BCUT2D eigenvalue weighted by atomic mass is 9.97. The standard InChI is InChI=1S/C21H20O4S/c1-24-17-10-8-16(9-11-17)19(22)18-12-13-21(26-18,20(23)25-2)14-15-6-4-3-5-7-15/h3-13,18H,14H2,1-2H3/t18-,21?/m1/s1. The van der Waals surface area contributed by atoms with E-state index >= 15 is 0 Å². The number of carbonyl (C=O) groups excluding carboxylic acids is 2. The van der Waals surface area contributed by atoms with Gasteiger partial charge in [-0.05, 0) is 29.8 Å². The maximum absolute atomic E-state index is 12.8. The minimum atomic E-state index is -0.886. The second-order valence-electron chi connectivity index (χ2n) is 6.03. The van der Waals surface area contributed by atoms with Crippen LogP contribution in [0.5, 0.6) is 5.75 Å². The summed E-state index contributed by atoms with van der Waals surface area (Å²) >= 11 is 1.33.